The fraction of sp³-hybridized carbons (Fsp3) is 0.767. The van der Waals surface area contributed by atoms with Gasteiger partial charge in [0.1, 0.15) is 13.2 Å². The Labute approximate surface area is 490 Å². The Morgan fingerprint density at radius 1 is 0.253 bits per heavy atom. The molecule has 0 aliphatic carbocycles. The van der Waals surface area contributed by atoms with Gasteiger partial charge in [0.15, 0.2) is 6.10 Å². The summed E-state index contributed by atoms with van der Waals surface area (Å²) in [4.78, 5) is 38.4. The van der Waals surface area contributed by atoms with Crippen molar-refractivity contribution in [1.29, 1.82) is 0 Å². The van der Waals surface area contributed by atoms with Gasteiger partial charge in [-0.3, -0.25) is 14.4 Å². The van der Waals surface area contributed by atoms with Crippen molar-refractivity contribution in [3.8, 4) is 0 Å². The van der Waals surface area contributed by atoms with Gasteiger partial charge in [-0.25, -0.2) is 0 Å². The Balaban J connectivity index is 4.37. The molecule has 0 heterocycles. The van der Waals surface area contributed by atoms with E-state index >= 15 is 0 Å². The molecule has 6 heteroatoms. The standard InChI is InChI=1S/C73H128O6/c1-4-7-10-13-16-19-22-25-28-31-34-35-36-37-38-39-40-43-45-48-51-54-57-60-63-66-72(75)78-69-70(79-73(76)67-64-61-58-55-52-49-46-42-33-30-27-24-21-18-15-12-9-6-3)68-77-71(74)65-62-59-56-53-50-47-44-41-32-29-26-23-20-17-14-11-8-5-2/h20-25,29-34,36-37,70H,4-19,26-28,35,38-69H2,1-3H3/b23-20-,24-21-,25-22-,32-29-,33-30-,34-31-,37-36-. The third-order valence-electron chi connectivity index (χ3n) is 14.8. The highest BCUT2D eigenvalue weighted by Crippen LogP contribution is 2.16. The van der Waals surface area contributed by atoms with Crippen LogP contribution in [0.3, 0.4) is 0 Å². The first kappa shape index (κ1) is 75.6. The van der Waals surface area contributed by atoms with E-state index in [-0.39, 0.29) is 31.1 Å². The van der Waals surface area contributed by atoms with Gasteiger partial charge < -0.3 is 14.2 Å². The van der Waals surface area contributed by atoms with Crippen molar-refractivity contribution in [2.24, 2.45) is 0 Å². The van der Waals surface area contributed by atoms with Gasteiger partial charge in [0, 0.05) is 19.3 Å². The summed E-state index contributed by atoms with van der Waals surface area (Å²) < 4.78 is 17.0. The average molecular weight is 1100 g/mol. The van der Waals surface area contributed by atoms with Crippen molar-refractivity contribution in [2.75, 3.05) is 13.2 Å². The van der Waals surface area contributed by atoms with Crippen LogP contribution in [0.1, 0.15) is 342 Å². The van der Waals surface area contributed by atoms with Crippen LogP contribution in [0.2, 0.25) is 0 Å². The molecular formula is C73H128O6. The Kier molecular flexibility index (Phi) is 64.2. The van der Waals surface area contributed by atoms with Crippen LogP contribution in [0.25, 0.3) is 0 Å². The maximum Gasteiger partial charge on any atom is 0.306 e. The van der Waals surface area contributed by atoms with E-state index < -0.39 is 6.10 Å². The molecule has 0 radical (unpaired) electrons. The van der Waals surface area contributed by atoms with Crippen molar-refractivity contribution in [1.82, 2.24) is 0 Å². The Morgan fingerprint density at radius 2 is 0.456 bits per heavy atom. The van der Waals surface area contributed by atoms with Gasteiger partial charge in [-0.2, -0.15) is 0 Å². The van der Waals surface area contributed by atoms with Gasteiger partial charge in [0.2, 0.25) is 0 Å². The highest BCUT2D eigenvalue weighted by Gasteiger charge is 2.19. The minimum absolute atomic E-state index is 0.0834. The Morgan fingerprint density at radius 3 is 0.722 bits per heavy atom. The lowest BCUT2D eigenvalue weighted by Crippen LogP contribution is -2.30. The molecule has 0 saturated heterocycles. The monoisotopic (exact) mass is 1100 g/mol. The highest BCUT2D eigenvalue weighted by molar-refractivity contribution is 5.71. The zero-order valence-electron chi connectivity index (χ0n) is 52.4. The summed E-state index contributed by atoms with van der Waals surface area (Å²) in [6.07, 6.45) is 88.7. The summed E-state index contributed by atoms with van der Waals surface area (Å²) in [6, 6.07) is 0. The minimum Gasteiger partial charge on any atom is -0.462 e. The molecule has 0 saturated carbocycles. The van der Waals surface area contributed by atoms with Gasteiger partial charge in [-0.05, 0) is 122 Å². The highest BCUT2D eigenvalue weighted by atomic mass is 16.6. The van der Waals surface area contributed by atoms with Crippen molar-refractivity contribution in [3.63, 3.8) is 0 Å². The second-order valence-electron chi connectivity index (χ2n) is 22.7. The van der Waals surface area contributed by atoms with Gasteiger partial charge in [0.25, 0.3) is 0 Å². The SMILES string of the molecule is CCCCCC/C=C\C/C=C\CCCCCCCCCC(=O)OCC(COC(=O)CCCCCCCCCCCC/C=C\C/C=C\C/C=C\CCCCCCC)OC(=O)CCCCCCCCC/C=C\C/C=C\CCCCCC. The number of allylic oxidation sites excluding steroid dienone is 14. The molecule has 0 bridgehead atoms. The molecule has 0 rings (SSSR count). The van der Waals surface area contributed by atoms with E-state index in [2.05, 4.69) is 106 Å². The van der Waals surface area contributed by atoms with Crippen LogP contribution >= 0.6 is 0 Å². The topological polar surface area (TPSA) is 78.9 Å². The number of hydrogen-bond donors (Lipinski definition) is 0. The van der Waals surface area contributed by atoms with E-state index in [9.17, 15) is 14.4 Å². The van der Waals surface area contributed by atoms with Gasteiger partial charge in [0.05, 0.1) is 0 Å². The summed E-state index contributed by atoms with van der Waals surface area (Å²) in [5.41, 5.74) is 0. The molecule has 6 nitrogen and oxygen atoms in total. The zero-order chi connectivity index (χ0) is 57.1. The van der Waals surface area contributed by atoms with Crippen molar-refractivity contribution in [3.05, 3.63) is 85.1 Å². The van der Waals surface area contributed by atoms with Crippen molar-refractivity contribution < 1.29 is 28.6 Å². The van der Waals surface area contributed by atoms with E-state index in [1.807, 2.05) is 0 Å². The van der Waals surface area contributed by atoms with E-state index in [4.69, 9.17) is 14.2 Å². The quantitative estimate of drug-likeness (QED) is 0.0261. The first-order valence-corrected chi connectivity index (χ1v) is 34.1. The van der Waals surface area contributed by atoms with Crippen molar-refractivity contribution >= 4 is 17.9 Å². The number of ether oxygens (including phenoxy) is 3. The number of carbonyl (C=O) groups excluding carboxylic acids is 3. The molecule has 1 unspecified atom stereocenters. The van der Waals surface area contributed by atoms with E-state index in [0.29, 0.717) is 19.3 Å². The fourth-order valence-electron chi connectivity index (χ4n) is 9.69. The van der Waals surface area contributed by atoms with Crippen LogP contribution in [0.15, 0.2) is 85.1 Å². The second-order valence-corrected chi connectivity index (χ2v) is 22.7. The van der Waals surface area contributed by atoms with E-state index in [0.717, 1.165) is 96.3 Å². The van der Waals surface area contributed by atoms with Crippen LogP contribution in [-0.2, 0) is 28.6 Å². The summed E-state index contributed by atoms with van der Waals surface area (Å²) in [7, 11) is 0. The van der Waals surface area contributed by atoms with Gasteiger partial charge in [-0.15, -0.1) is 0 Å². The minimum atomic E-state index is -0.788. The largest absolute Gasteiger partial charge is 0.462 e. The Hall–Kier alpha value is -3.41. The maximum absolute atomic E-state index is 12.9. The third kappa shape index (κ3) is 65.3. The maximum atomic E-state index is 12.9. The lowest BCUT2D eigenvalue weighted by Gasteiger charge is -2.18. The zero-order valence-corrected chi connectivity index (χ0v) is 52.4. The number of esters is 3. The van der Waals surface area contributed by atoms with Crippen LogP contribution in [0, 0.1) is 0 Å². The number of carbonyl (C=O) groups is 3. The average Bonchev–Trinajstić information content (AvgIpc) is 3.45. The molecule has 0 aromatic heterocycles. The first-order valence-electron chi connectivity index (χ1n) is 34.1. The summed E-state index contributed by atoms with van der Waals surface area (Å²) in [5.74, 6) is -0.887. The molecule has 0 aliphatic rings. The molecule has 0 fully saturated rings. The van der Waals surface area contributed by atoms with E-state index in [1.54, 1.807) is 0 Å². The molecule has 79 heavy (non-hydrogen) atoms. The van der Waals surface area contributed by atoms with Crippen molar-refractivity contribution in [2.45, 2.75) is 348 Å². The van der Waals surface area contributed by atoms with Crippen LogP contribution in [0.4, 0.5) is 0 Å². The number of unbranched alkanes of at least 4 members (excludes halogenated alkanes) is 37. The molecule has 456 valence electrons. The Bertz CT molecular complexity index is 1500. The molecule has 0 aliphatic heterocycles. The molecule has 0 amide bonds. The van der Waals surface area contributed by atoms with Gasteiger partial charge >= 0.3 is 17.9 Å². The van der Waals surface area contributed by atoms with Crippen LogP contribution in [-0.4, -0.2) is 37.2 Å². The second kappa shape index (κ2) is 67.1. The first-order chi connectivity index (χ1) is 39.0. The molecule has 1 atom stereocenters. The summed E-state index contributed by atoms with van der Waals surface area (Å²) in [5, 5.41) is 0. The fourth-order valence-corrected chi connectivity index (χ4v) is 9.69. The third-order valence-corrected chi connectivity index (χ3v) is 14.8. The lowest BCUT2D eigenvalue weighted by atomic mass is 10.1. The van der Waals surface area contributed by atoms with Gasteiger partial charge in [-0.1, -0.05) is 286 Å². The predicted molar refractivity (Wildman–Crippen MR) is 344 cm³/mol. The number of hydrogen-bond acceptors (Lipinski definition) is 6. The molecule has 0 N–H and O–H groups in total. The normalized spacial score (nSPS) is 12.6. The molecule has 0 aromatic rings. The van der Waals surface area contributed by atoms with Crippen LogP contribution < -0.4 is 0 Å². The number of rotatable bonds is 62. The lowest BCUT2D eigenvalue weighted by molar-refractivity contribution is -0.167. The summed E-state index contributed by atoms with van der Waals surface area (Å²) in [6.45, 7) is 6.62. The molecule has 0 aromatic carbocycles. The molecular weight excluding hydrogens is 973 g/mol. The smallest absolute Gasteiger partial charge is 0.306 e. The molecule has 0 spiro atoms. The van der Waals surface area contributed by atoms with Crippen LogP contribution in [0.5, 0.6) is 0 Å². The predicted octanol–water partition coefficient (Wildman–Crippen LogP) is 23.4. The summed E-state index contributed by atoms with van der Waals surface area (Å²) >= 11 is 0. The van der Waals surface area contributed by atoms with E-state index in [1.165, 1.54) is 205 Å².